The van der Waals surface area contributed by atoms with Crippen molar-refractivity contribution in [1.82, 2.24) is 0 Å². The largest absolute Gasteiger partial charge is 1.00 e. The van der Waals surface area contributed by atoms with Crippen molar-refractivity contribution in [2.75, 3.05) is 25.0 Å². The van der Waals surface area contributed by atoms with Crippen LogP contribution in [0.4, 0.5) is 0 Å². The number of hydrogen-bond donors (Lipinski definition) is 7. The molecule has 0 fully saturated rings. The first-order valence-electron chi connectivity index (χ1n) is 21.0. The Kier molecular flexibility index (Phi) is 44.9. The maximum absolute atomic E-state index is 9.76. The quantitative estimate of drug-likeness (QED) is 0.0199. The summed E-state index contributed by atoms with van der Waals surface area (Å²) in [6.07, 6.45) is 7.58. The number of benzene rings is 8. The molecule has 0 spiro atoms. The van der Waals surface area contributed by atoms with Crippen LogP contribution < -0.4 is 29.6 Å². The van der Waals surface area contributed by atoms with E-state index in [0.29, 0.717) is 28.9 Å². The van der Waals surface area contributed by atoms with Gasteiger partial charge in [0.2, 0.25) is 0 Å². The number of halogens is 5. The third-order valence-corrected chi connectivity index (χ3v) is 15.7. The molecular weight excluding hydrogens is 1530 g/mol. The van der Waals surface area contributed by atoms with Gasteiger partial charge in [-0.1, -0.05) is 91.0 Å². The molecule has 0 aliphatic heterocycles. The van der Waals surface area contributed by atoms with Crippen LogP contribution in [0.5, 0.6) is 28.7 Å². The smallest absolute Gasteiger partial charge is 0.796 e. The molecule has 0 aromatic heterocycles. The second-order valence-electron chi connectivity index (χ2n) is 13.6. The molecule has 0 aliphatic carbocycles. The number of thiol groups is 2. The fourth-order valence-corrected chi connectivity index (χ4v) is 12.0. The summed E-state index contributed by atoms with van der Waals surface area (Å²) in [7, 11) is 0. The normalized spacial score (nSPS) is 9.37. The SMILES string of the molecule is CSc1cc(SC)c(O)c(SC)c1.C[S-].ClCc1ccccc1.Oc1c(I)cc(I)cc1I.Oc1ccc(I)cc1.Oc1ccc(S)cc1.Oc1ccc(SCc2ccccc2)cc1.SCc1ccccc1.[Na+]. The molecule has 0 unspecified atom stereocenters. The molecule has 18 heteroatoms. The van der Waals surface area contributed by atoms with Crippen LogP contribution in [-0.4, -0.2) is 50.6 Å². The van der Waals surface area contributed by atoms with Crippen LogP contribution in [-0.2, 0) is 30.0 Å². The molecule has 8 rings (SSSR count). The van der Waals surface area contributed by atoms with Gasteiger partial charge in [0.05, 0.1) is 16.9 Å². The zero-order chi connectivity index (χ0) is 53.7. The number of phenolic OH excluding ortho intramolecular Hbond substituents is 5. The van der Waals surface area contributed by atoms with Gasteiger partial charge in [0.25, 0.3) is 0 Å². The second kappa shape index (κ2) is 45.3. The zero-order valence-electron chi connectivity index (χ0n) is 40.6. The Balaban J connectivity index is 0.000000834. The summed E-state index contributed by atoms with van der Waals surface area (Å²) < 4.78 is 4.12. The molecule has 0 radical (unpaired) electrons. The molecule has 0 saturated carbocycles. The predicted molar refractivity (Wildman–Crippen MR) is 358 cm³/mol. The molecule has 0 aliphatic rings. The second-order valence-corrected chi connectivity index (χ2v) is 23.2. The number of hydrogen-bond acceptors (Lipinski definition) is 12. The molecule has 0 amide bonds. The van der Waals surface area contributed by atoms with Gasteiger partial charge in [0.1, 0.15) is 28.7 Å². The van der Waals surface area contributed by atoms with Crippen molar-refractivity contribution >= 4 is 187 Å². The van der Waals surface area contributed by atoms with Crippen LogP contribution in [0.2, 0.25) is 0 Å². The van der Waals surface area contributed by atoms with Gasteiger partial charge in [-0.3, -0.25) is 0 Å². The summed E-state index contributed by atoms with van der Waals surface area (Å²) in [6, 6.07) is 59.4. The number of phenols is 5. The molecule has 0 saturated heterocycles. The van der Waals surface area contributed by atoms with Crippen LogP contribution in [0.25, 0.3) is 0 Å². The third kappa shape index (κ3) is 34.1. The number of alkyl halides is 1. The monoisotopic (exact) mass is 1590 g/mol. The van der Waals surface area contributed by atoms with Crippen molar-refractivity contribution in [2.24, 2.45) is 0 Å². The van der Waals surface area contributed by atoms with Crippen molar-refractivity contribution in [3.8, 4) is 28.7 Å². The minimum absolute atomic E-state index is 0. The molecule has 0 bridgehead atoms. The average molecular weight is 1590 g/mol. The Bertz CT molecular complexity index is 2460. The predicted octanol–water partition coefficient (Wildman–Crippen LogP) is 15.8. The van der Waals surface area contributed by atoms with Crippen molar-refractivity contribution in [3.63, 3.8) is 0 Å². The van der Waals surface area contributed by atoms with E-state index < -0.39 is 0 Å². The summed E-state index contributed by atoms with van der Waals surface area (Å²) in [5.41, 5.74) is 3.76. The molecule has 73 heavy (non-hydrogen) atoms. The zero-order valence-corrected chi connectivity index (χ0v) is 57.8. The molecule has 8 aromatic rings. The van der Waals surface area contributed by atoms with Crippen LogP contribution in [0.15, 0.2) is 213 Å². The first-order valence-corrected chi connectivity index (χ1v) is 32.4. The minimum Gasteiger partial charge on any atom is -0.796 e. The van der Waals surface area contributed by atoms with Crippen LogP contribution in [0.1, 0.15) is 16.7 Å². The maximum Gasteiger partial charge on any atom is 1.00 e. The van der Waals surface area contributed by atoms with E-state index in [1.807, 2.05) is 134 Å². The Morgan fingerprint density at radius 3 is 1.18 bits per heavy atom. The van der Waals surface area contributed by atoms with E-state index in [4.69, 9.17) is 26.9 Å². The molecule has 0 heterocycles. The summed E-state index contributed by atoms with van der Waals surface area (Å²) >= 11 is 33.0. The van der Waals surface area contributed by atoms with Gasteiger partial charge in [-0.2, -0.15) is 18.9 Å². The number of thioether (sulfide) groups is 4. The van der Waals surface area contributed by atoms with Gasteiger partial charge in [0, 0.05) is 39.2 Å². The van der Waals surface area contributed by atoms with E-state index in [1.165, 1.54) is 26.5 Å². The van der Waals surface area contributed by atoms with Gasteiger partial charge >= 0.3 is 29.6 Å². The first-order chi connectivity index (χ1) is 34.6. The van der Waals surface area contributed by atoms with E-state index in [2.05, 4.69) is 153 Å². The number of rotatable bonds is 8. The summed E-state index contributed by atoms with van der Waals surface area (Å²) in [5, 5.41) is 45.7. The fraction of sp³-hybridized carbons (Fsp3) is 0.127. The average Bonchev–Trinajstić information content (AvgIpc) is 3.42. The van der Waals surface area contributed by atoms with E-state index >= 15 is 0 Å². The molecule has 384 valence electrons. The van der Waals surface area contributed by atoms with Crippen LogP contribution in [0, 0.1) is 14.3 Å². The van der Waals surface area contributed by atoms with Gasteiger partial charge in [-0.15, -0.1) is 71.3 Å². The topological polar surface area (TPSA) is 101 Å². The van der Waals surface area contributed by atoms with Crippen molar-refractivity contribution < 1.29 is 55.1 Å². The molecule has 5 N–H and O–H groups in total. The van der Waals surface area contributed by atoms with Gasteiger partial charge in [0.15, 0.2) is 0 Å². The molecule has 0 atom stereocenters. The Hall–Kier alpha value is -0.580. The third-order valence-electron chi connectivity index (χ3n) is 8.45. The van der Waals surface area contributed by atoms with E-state index in [9.17, 15) is 10.2 Å². The molecular formula is C55H56ClI4NaO5S7. The van der Waals surface area contributed by atoms with Gasteiger partial charge in [-0.05, 0) is 223 Å². The maximum atomic E-state index is 9.76. The minimum atomic E-state index is 0. The van der Waals surface area contributed by atoms with Gasteiger partial charge in [-0.25, -0.2) is 0 Å². The summed E-state index contributed by atoms with van der Waals surface area (Å²) in [4.78, 5) is 5.15. The van der Waals surface area contributed by atoms with Crippen molar-refractivity contribution in [3.05, 3.63) is 219 Å². The summed E-state index contributed by atoms with van der Waals surface area (Å²) in [6.45, 7) is 0. The van der Waals surface area contributed by atoms with E-state index in [-0.39, 0.29) is 35.3 Å². The van der Waals surface area contributed by atoms with E-state index in [1.54, 1.807) is 102 Å². The Labute approximate surface area is 548 Å². The molecule has 5 nitrogen and oxygen atoms in total. The van der Waals surface area contributed by atoms with Crippen LogP contribution in [0.3, 0.4) is 0 Å². The van der Waals surface area contributed by atoms with Crippen LogP contribution >= 0.6 is 174 Å². The van der Waals surface area contributed by atoms with Crippen molar-refractivity contribution in [1.29, 1.82) is 0 Å². The molecule has 8 aromatic carbocycles. The summed E-state index contributed by atoms with van der Waals surface area (Å²) in [5.74, 6) is 4.14. The Morgan fingerprint density at radius 1 is 0.466 bits per heavy atom. The van der Waals surface area contributed by atoms with Gasteiger partial charge < -0.3 is 38.2 Å². The van der Waals surface area contributed by atoms with Crippen molar-refractivity contribution in [2.45, 2.75) is 41.9 Å². The first kappa shape index (κ1) is 72.4. The van der Waals surface area contributed by atoms with E-state index in [0.717, 1.165) is 40.5 Å². The fourth-order valence-electron chi connectivity index (χ4n) is 4.85. The Morgan fingerprint density at radius 2 is 0.849 bits per heavy atom. The number of aromatic hydroxyl groups is 5. The standard InChI is InChI=1S/C13H12OS.C9H12OS3.C7H7Cl.C7H8S.C6H3I3O.C6H5IO.C6H6OS.CH4S.Na/c14-12-6-8-13(9-7-12)15-10-11-4-2-1-3-5-11;1-11-6-4-7(12-2)9(10)8(5-6)13-3;2*8-6-7-4-2-1-3-5-7;7-3-1-4(8)6(10)5(9)2-3;2*7-5-1-3-6(8)4-2-5;1-2;/h1-9,14H,10H2;4-5,10H,1-3H3;1-5H,6H2;1-5,8H,6H2;1-2,10H;1-4,8H;1-4,7-8H;2H,1H3;/q;;;;;;;;+1/p-1.